The van der Waals surface area contributed by atoms with E-state index in [2.05, 4.69) is 123 Å². The van der Waals surface area contributed by atoms with E-state index in [1.807, 2.05) is 13.8 Å². The molecule has 0 saturated heterocycles. The number of esters is 1. The van der Waals surface area contributed by atoms with Gasteiger partial charge >= 0.3 is 5.97 Å². The molecule has 0 N–H and O–H groups in total. The number of allylic oxidation sites excluding steroid dienone is 8. The van der Waals surface area contributed by atoms with E-state index in [1.165, 1.54) is 97.0 Å². The molecule has 1 heterocycles. The second-order valence-corrected chi connectivity index (χ2v) is 13.4. The number of carbonyl (C=O) groups is 1. The highest BCUT2D eigenvalue weighted by molar-refractivity contribution is 5.90. The molecule has 56 heavy (non-hydrogen) atoms. The van der Waals surface area contributed by atoms with Gasteiger partial charge in [0, 0.05) is 12.1 Å². The Bertz CT molecular complexity index is 951. The van der Waals surface area contributed by atoms with Crippen molar-refractivity contribution in [2.45, 2.75) is 224 Å². The molecule has 0 bridgehead atoms. The molecule has 0 aliphatic carbocycles. The Balaban J connectivity index is -0.000000321. The van der Waals surface area contributed by atoms with E-state index in [0.717, 1.165) is 51.4 Å². The lowest BCUT2D eigenvalue weighted by Crippen LogP contribution is -2.08. The van der Waals surface area contributed by atoms with Gasteiger partial charge in [-0.05, 0) is 64.2 Å². The van der Waals surface area contributed by atoms with Crippen LogP contribution in [-0.2, 0) is 4.74 Å². The molecule has 0 aromatic carbocycles. The summed E-state index contributed by atoms with van der Waals surface area (Å²) < 4.78 is 16.2. The summed E-state index contributed by atoms with van der Waals surface area (Å²) in [5.41, 5.74) is 0.412. The second kappa shape index (κ2) is 61.4. The van der Waals surface area contributed by atoms with Gasteiger partial charge in [0.05, 0.1) is 25.9 Å². The number of nitrogens with zero attached hydrogens (tertiary/aromatic N) is 1. The van der Waals surface area contributed by atoms with Crippen LogP contribution < -0.4 is 9.47 Å². The molecular weight excluding hydrogens is 691 g/mol. The highest BCUT2D eigenvalue weighted by atomic mass is 16.5. The van der Waals surface area contributed by atoms with Crippen molar-refractivity contribution in [1.29, 1.82) is 0 Å². The number of hydrogen-bond donors (Lipinski definition) is 0. The minimum absolute atomic E-state index is 0.358. The lowest BCUT2D eigenvalue weighted by Gasteiger charge is -2.10. The Labute approximate surface area is 351 Å². The first kappa shape index (κ1) is 62.4. The molecule has 0 aliphatic heterocycles. The molecule has 0 unspecified atom stereocenters. The Morgan fingerprint density at radius 3 is 1.39 bits per heavy atom. The van der Waals surface area contributed by atoms with Gasteiger partial charge in [-0.15, -0.1) is 0 Å². The number of methoxy groups -OCH3 is 1. The molecule has 1 rings (SSSR count). The number of hydrogen-bond acceptors (Lipinski definition) is 5. The van der Waals surface area contributed by atoms with Gasteiger partial charge in [0.25, 0.3) is 0 Å². The van der Waals surface area contributed by atoms with Gasteiger partial charge in [0.1, 0.15) is 0 Å². The lowest BCUT2D eigenvalue weighted by atomic mass is 10.1. The van der Waals surface area contributed by atoms with Crippen molar-refractivity contribution < 1.29 is 19.0 Å². The molecule has 5 nitrogen and oxygen atoms in total. The molecule has 330 valence electrons. The molecule has 0 fully saturated rings. The van der Waals surface area contributed by atoms with Crippen LogP contribution in [0.3, 0.4) is 0 Å². The number of ether oxygens (including phenoxy) is 3. The largest absolute Gasteiger partial charge is 0.481 e. The van der Waals surface area contributed by atoms with Crippen molar-refractivity contribution in [3.8, 4) is 11.8 Å². The summed E-state index contributed by atoms with van der Waals surface area (Å²) in [4.78, 5) is 16.5. The van der Waals surface area contributed by atoms with Gasteiger partial charge in [-0.3, -0.25) is 0 Å². The number of unbranched alkanes of at least 4 members (excludes halogenated alkanes) is 12. The van der Waals surface area contributed by atoms with E-state index in [-0.39, 0.29) is 5.97 Å². The van der Waals surface area contributed by atoms with Crippen molar-refractivity contribution >= 4 is 5.97 Å². The normalized spacial score (nSPS) is 10.3. The topological polar surface area (TPSA) is 57.7 Å². The summed E-state index contributed by atoms with van der Waals surface area (Å²) in [6, 6.07) is 3.22. The van der Waals surface area contributed by atoms with E-state index >= 15 is 0 Å². The van der Waals surface area contributed by atoms with Crippen molar-refractivity contribution in [3.63, 3.8) is 0 Å². The van der Waals surface area contributed by atoms with Crippen LogP contribution in [0.5, 0.6) is 11.8 Å². The highest BCUT2D eigenvalue weighted by Gasteiger charge is 2.12. The van der Waals surface area contributed by atoms with Crippen molar-refractivity contribution in [2.24, 2.45) is 0 Å². The maximum Gasteiger partial charge on any atom is 0.338 e. The van der Waals surface area contributed by atoms with E-state index in [4.69, 9.17) is 14.2 Å². The van der Waals surface area contributed by atoms with Crippen LogP contribution in [0.2, 0.25) is 0 Å². The molecule has 0 amide bonds. The molecule has 0 saturated carbocycles. The zero-order valence-corrected chi connectivity index (χ0v) is 39.8. The predicted molar refractivity (Wildman–Crippen MR) is 253 cm³/mol. The van der Waals surface area contributed by atoms with Crippen LogP contribution in [-0.4, -0.2) is 31.3 Å². The first-order valence-electron chi connectivity index (χ1n) is 23.3. The predicted octanol–water partition coefficient (Wildman–Crippen LogP) is 17.6. The Morgan fingerprint density at radius 2 is 0.946 bits per heavy atom. The van der Waals surface area contributed by atoms with Gasteiger partial charge in [-0.2, -0.15) is 4.98 Å². The zero-order valence-electron chi connectivity index (χ0n) is 39.8. The fourth-order valence-electron chi connectivity index (χ4n) is 4.39. The summed E-state index contributed by atoms with van der Waals surface area (Å²) in [7, 11) is 1.53. The molecule has 1 aromatic heterocycles. The number of rotatable bonds is 27. The van der Waals surface area contributed by atoms with Crippen molar-refractivity contribution in [2.75, 3.05) is 20.3 Å². The lowest BCUT2D eigenvalue weighted by molar-refractivity contribution is 0.0498. The fraction of sp³-hybridized carbons (Fsp3) is 0.725. The van der Waals surface area contributed by atoms with Gasteiger partial charge in [0.15, 0.2) is 0 Å². The quantitative estimate of drug-likeness (QED) is 0.0505. The number of aromatic nitrogens is 1. The highest BCUT2D eigenvalue weighted by Crippen LogP contribution is 2.19. The van der Waals surface area contributed by atoms with Gasteiger partial charge in [-0.25, -0.2) is 4.79 Å². The summed E-state index contributed by atoms with van der Waals surface area (Å²) in [5.74, 6) is 0.397. The van der Waals surface area contributed by atoms with E-state index in [1.54, 1.807) is 12.1 Å². The minimum Gasteiger partial charge on any atom is -0.481 e. The van der Waals surface area contributed by atoms with Crippen molar-refractivity contribution in [1.82, 2.24) is 4.98 Å². The monoisotopic (exact) mass is 788 g/mol. The number of pyridine rings is 1. The standard InChI is InChI=1S/C29H47NO4.C9H16.C5H12.2C3H8.C2H6/c1-4-6-8-9-10-11-12-13-14-15-16-17-18-19-20-21-23-33-28-25-26(24-27(30-28)32-3)29(31)34-22-7-5-2;1-3-5-7-9-8-6-4-2;1-3-5-4-2;2*1-3-2;1-2/h10-11,13-14,24-25H,4-9,12,15-23H2,1-3H3;5-8H,3-4,9H2,1-2H3;3-5H2,1-2H3;2*3H2,1-2H3;1-2H3/b11-10-,14-13-;7-5-,8-6-;;;;. The Hall–Kier alpha value is -2.82. The van der Waals surface area contributed by atoms with E-state index in [9.17, 15) is 4.79 Å². The third-order valence-electron chi connectivity index (χ3n) is 7.33. The van der Waals surface area contributed by atoms with Gasteiger partial charge in [-0.1, -0.05) is 209 Å². The minimum atomic E-state index is -0.368. The summed E-state index contributed by atoms with van der Waals surface area (Å²) in [6.07, 6.45) is 44.3. The zero-order chi connectivity index (χ0) is 43.2. The molecule has 5 heteroatoms. The SMILES string of the molecule is CC.CC/C=C\C/C=C\CC.CCC.CCC.CCCCC.CCCCC/C=C\C/C=C\CCCCCCCCOc1cc(C(=O)OCCCC)cc(OC)n1. The molecule has 0 aliphatic rings. The van der Waals surface area contributed by atoms with E-state index in [0.29, 0.717) is 30.5 Å². The summed E-state index contributed by atoms with van der Waals surface area (Å²) in [6.45, 7) is 26.5. The van der Waals surface area contributed by atoms with Crippen LogP contribution in [0, 0.1) is 0 Å². The van der Waals surface area contributed by atoms with Gasteiger partial charge < -0.3 is 14.2 Å². The maximum absolute atomic E-state index is 12.2. The molecular formula is C51H97NO4. The Morgan fingerprint density at radius 1 is 0.518 bits per heavy atom. The van der Waals surface area contributed by atoms with Crippen LogP contribution in [0.1, 0.15) is 235 Å². The van der Waals surface area contributed by atoms with Crippen LogP contribution in [0.4, 0.5) is 0 Å². The second-order valence-electron chi connectivity index (χ2n) is 13.4. The average molecular weight is 788 g/mol. The maximum atomic E-state index is 12.2. The number of carbonyl (C=O) groups excluding carboxylic acids is 1. The molecule has 0 atom stereocenters. The Kier molecular flexibility index (Phi) is 68.4. The van der Waals surface area contributed by atoms with Crippen LogP contribution in [0.25, 0.3) is 0 Å². The van der Waals surface area contributed by atoms with E-state index < -0.39 is 0 Å². The van der Waals surface area contributed by atoms with Gasteiger partial charge in [0.2, 0.25) is 11.8 Å². The first-order valence-corrected chi connectivity index (χ1v) is 23.3. The fourth-order valence-corrected chi connectivity index (χ4v) is 4.39. The third-order valence-corrected chi connectivity index (χ3v) is 7.33. The van der Waals surface area contributed by atoms with Crippen LogP contribution in [0.15, 0.2) is 60.7 Å². The average Bonchev–Trinajstić information content (AvgIpc) is 3.21. The smallest absolute Gasteiger partial charge is 0.338 e. The summed E-state index contributed by atoms with van der Waals surface area (Å²) >= 11 is 0. The molecule has 1 aromatic rings. The molecule has 0 radical (unpaired) electrons. The molecule has 0 spiro atoms. The van der Waals surface area contributed by atoms with Crippen LogP contribution >= 0.6 is 0 Å². The van der Waals surface area contributed by atoms with Crippen molar-refractivity contribution in [3.05, 3.63) is 66.3 Å². The summed E-state index contributed by atoms with van der Waals surface area (Å²) in [5, 5.41) is 0. The first-order chi connectivity index (χ1) is 27.4. The third kappa shape index (κ3) is 57.9.